The largest absolute Gasteiger partial charge is 0.271 e. The van der Waals surface area contributed by atoms with Crippen molar-refractivity contribution in [3.63, 3.8) is 0 Å². The number of halogens is 2. The Morgan fingerprint density at radius 1 is 1.20 bits per heavy atom. The van der Waals surface area contributed by atoms with E-state index in [9.17, 15) is 4.39 Å². The standard InChI is InChI=1S/C15H16FIN2S/c16-12-2-1-3-15(9-12)20-10-14(19-18)8-11-4-6-13(17)7-5-11/h1-7,9,14,19H,8,10,18H2. The summed E-state index contributed by atoms with van der Waals surface area (Å²) in [6.07, 6.45) is 0.857. The quantitative estimate of drug-likeness (QED) is 0.336. The highest BCUT2D eigenvalue weighted by molar-refractivity contribution is 14.1. The number of hydrogen-bond acceptors (Lipinski definition) is 3. The molecular weight excluding hydrogens is 386 g/mol. The Bertz CT molecular complexity index is 548. The van der Waals surface area contributed by atoms with E-state index in [1.165, 1.54) is 15.2 Å². The van der Waals surface area contributed by atoms with Crippen molar-refractivity contribution < 1.29 is 4.39 Å². The van der Waals surface area contributed by atoms with Crippen molar-refractivity contribution in [2.45, 2.75) is 17.4 Å². The fourth-order valence-corrected chi connectivity index (χ4v) is 3.16. The lowest BCUT2D eigenvalue weighted by Crippen LogP contribution is -2.38. The van der Waals surface area contributed by atoms with E-state index in [0.29, 0.717) is 0 Å². The van der Waals surface area contributed by atoms with Gasteiger partial charge in [-0.3, -0.25) is 11.3 Å². The summed E-state index contributed by atoms with van der Waals surface area (Å²) in [6.45, 7) is 0. The predicted molar refractivity (Wildman–Crippen MR) is 91.1 cm³/mol. The highest BCUT2D eigenvalue weighted by Crippen LogP contribution is 2.20. The van der Waals surface area contributed by atoms with Crippen LogP contribution in [0.3, 0.4) is 0 Å². The predicted octanol–water partition coefficient (Wildman–Crippen LogP) is 3.60. The minimum absolute atomic E-state index is 0.156. The van der Waals surface area contributed by atoms with Gasteiger partial charge in [0, 0.05) is 20.3 Å². The molecule has 2 aromatic carbocycles. The molecule has 0 aliphatic carbocycles. The fraction of sp³-hybridized carbons (Fsp3) is 0.200. The number of nitrogens with one attached hydrogen (secondary N) is 1. The summed E-state index contributed by atoms with van der Waals surface area (Å²) >= 11 is 3.89. The van der Waals surface area contributed by atoms with Gasteiger partial charge in [-0.05, 0) is 64.9 Å². The molecule has 0 saturated carbocycles. The van der Waals surface area contributed by atoms with Crippen LogP contribution >= 0.6 is 34.4 Å². The molecule has 1 unspecified atom stereocenters. The molecule has 0 aliphatic heterocycles. The minimum Gasteiger partial charge on any atom is -0.271 e. The molecule has 0 radical (unpaired) electrons. The normalized spacial score (nSPS) is 12.3. The van der Waals surface area contributed by atoms with Crippen LogP contribution < -0.4 is 11.3 Å². The number of rotatable bonds is 6. The molecule has 5 heteroatoms. The van der Waals surface area contributed by atoms with Crippen molar-refractivity contribution in [2.24, 2.45) is 5.84 Å². The Kier molecular flexibility index (Phi) is 6.28. The molecule has 3 N–H and O–H groups in total. The molecule has 0 bridgehead atoms. The molecule has 0 aliphatic rings. The second-order valence-electron chi connectivity index (χ2n) is 4.46. The molecule has 0 saturated heterocycles. The van der Waals surface area contributed by atoms with Crippen LogP contribution in [0.5, 0.6) is 0 Å². The molecule has 0 aromatic heterocycles. The molecule has 20 heavy (non-hydrogen) atoms. The first-order valence-electron chi connectivity index (χ1n) is 6.26. The zero-order valence-corrected chi connectivity index (χ0v) is 13.8. The lowest BCUT2D eigenvalue weighted by atomic mass is 10.1. The molecule has 106 valence electrons. The second kappa shape index (κ2) is 7.97. The van der Waals surface area contributed by atoms with Crippen molar-refractivity contribution in [1.29, 1.82) is 0 Å². The second-order valence-corrected chi connectivity index (χ2v) is 6.80. The van der Waals surface area contributed by atoms with Gasteiger partial charge in [0.15, 0.2) is 0 Å². The number of nitrogens with two attached hydrogens (primary N) is 1. The average molecular weight is 402 g/mol. The molecule has 2 rings (SSSR count). The van der Waals surface area contributed by atoms with Gasteiger partial charge in [0.25, 0.3) is 0 Å². The number of hydrazine groups is 1. The summed E-state index contributed by atoms with van der Waals surface area (Å²) in [5, 5.41) is 0. The van der Waals surface area contributed by atoms with E-state index in [1.807, 2.05) is 6.07 Å². The van der Waals surface area contributed by atoms with Gasteiger partial charge in [0.2, 0.25) is 0 Å². The highest BCUT2D eigenvalue weighted by atomic mass is 127. The average Bonchev–Trinajstić information content (AvgIpc) is 2.45. The molecule has 0 amide bonds. The van der Waals surface area contributed by atoms with E-state index in [-0.39, 0.29) is 11.9 Å². The lowest BCUT2D eigenvalue weighted by Gasteiger charge is -2.15. The van der Waals surface area contributed by atoms with Gasteiger partial charge in [-0.1, -0.05) is 18.2 Å². The maximum atomic E-state index is 13.1. The van der Waals surface area contributed by atoms with Gasteiger partial charge >= 0.3 is 0 Å². The zero-order chi connectivity index (χ0) is 14.4. The molecule has 1 atom stereocenters. The summed E-state index contributed by atoms with van der Waals surface area (Å²) in [7, 11) is 0. The SMILES string of the molecule is NNC(CSc1cccc(F)c1)Cc1ccc(I)cc1. The Morgan fingerprint density at radius 2 is 1.95 bits per heavy atom. The Labute approximate surface area is 136 Å². The van der Waals surface area contributed by atoms with Gasteiger partial charge < -0.3 is 0 Å². The molecule has 0 heterocycles. The highest BCUT2D eigenvalue weighted by Gasteiger charge is 2.09. The van der Waals surface area contributed by atoms with Crippen LogP contribution in [0.2, 0.25) is 0 Å². The number of hydrogen-bond donors (Lipinski definition) is 2. The first kappa shape index (κ1) is 15.8. The number of benzene rings is 2. The van der Waals surface area contributed by atoms with E-state index in [4.69, 9.17) is 5.84 Å². The van der Waals surface area contributed by atoms with Gasteiger partial charge in [-0.15, -0.1) is 11.8 Å². The van der Waals surface area contributed by atoms with Crippen molar-refractivity contribution in [1.82, 2.24) is 5.43 Å². The lowest BCUT2D eigenvalue weighted by molar-refractivity contribution is 0.575. The summed E-state index contributed by atoms with van der Waals surface area (Å²) < 4.78 is 14.3. The van der Waals surface area contributed by atoms with Gasteiger partial charge in [-0.25, -0.2) is 4.39 Å². The first-order valence-corrected chi connectivity index (χ1v) is 8.33. The van der Waals surface area contributed by atoms with Crippen LogP contribution in [0.4, 0.5) is 4.39 Å². The third-order valence-electron chi connectivity index (χ3n) is 2.88. The Hall–Kier alpha value is -0.630. The fourth-order valence-electron chi connectivity index (χ4n) is 1.82. The number of thioether (sulfide) groups is 1. The zero-order valence-electron chi connectivity index (χ0n) is 10.9. The molecule has 2 aromatic rings. The third-order valence-corrected chi connectivity index (χ3v) is 4.75. The molecular formula is C15H16FIN2S. The van der Waals surface area contributed by atoms with Crippen LogP contribution in [0, 0.1) is 9.39 Å². The first-order chi connectivity index (χ1) is 9.67. The van der Waals surface area contributed by atoms with Crippen molar-refractivity contribution in [3.8, 4) is 0 Å². The summed E-state index contributed by atoms with van der Waals surface area (Å²) in [6, 6.07) is 15.2. The maximum Gasteiger partial charge on any atom is 0.124 e. The monoisotopic (exact) mass is 402 g/mol. The summed E-state index contributed by atoms with van der Waals surface area (Å²) in [5.74, 6) is 6.20. The van der Waals surface area contributed by atoms with Crippen molar-refractivity contribution >= 4 is 34.4 Å². The Balaban J connectivity index is 1.90. The van der Waals surface area contributed by atoms with Crippen LogP contribution in [0.15, 0.2) is 53.4 Å². The van der Waals surface area contributed by atoms with Crippen LogP contribution in [0.25, 0.3) is 0 Å². The van der Waals surface area contributed by atoms with E-state index in [0.717, 1.165) is 17.1 Å². The molecule has 0 fully saturated rings. The summed E-state index contributed by atoms with van der Waals surface area (Å²) in [5.41, 5.74) is 4.08. The van der Waals surface area contributed by atoms with Crippen molar-refractivity contribution in [2.75, 3.05) is 5.75 Å². The van der Waals surface area contributed by atoms with Gasteiger partial charge in [0.05, 0.1) is 0 Å². The van der Waals surface area contributed by atoms with Gasteiger partial charge in [0.1, 0.15) is 5.82 Å². The van der Waals surface area contributed by atoms with Crippen molar-refractivity contribution in [3.05, 3.63) is 63.5 Å². The van der Waals surface area contributed by atoms with Crippen LogP contribution in [-0.4, -0.2) is 11.8 Å². The van der Waals surface area contributed by atoms with E-state index >= 15 is 0 Å². The molecule has 2 nitrogen and oxygen atoms in total. The third kappa shape index (κ3) is 5.05. The maximum absolute atomic E-state index is 13.1. The Morgan fingerprint density at radius 3 is 2.60 bits per heavy atom. The molecule has 0 spiro atoms. The van der Waals surface area contributed by atoms with E-state index in [1.54, 1.807) is 23.9 Å². The topological polar surface area (TPSA) is 38.0 Å². The van der Waals surface area contributed by atoms with E-state index in [2.05, 4.69) is 52.3 Å². The smallest absolute Gasteiger partial charge is 0.124 e. The minimum atomic E-state index is -0.204. The van der Waals surface area contributed by atoms with E-state index < -0.39 is 0 Å². The van der Waals surface area contributed by atoms with Crippen LogP contribution in [0.1, 0.15) is 5.56 Å². The van der Waals surface area contributed by atoms with Crippen LogP contribution in [-0.2, 0) is 6.42 Å². The summed E-state index contributed by atoms with van der Waals surface area (Å²) in [4.78, 5) is 0.924. The van der Waals surface area contributed by atoms with Gasteiger partial charge in [-0.2, -0.15) is 0 Å².